The molecule has 0 aliphatic heterocycles. The van der Waals surface area contributed by atoms with Gasteiger partial charge in [0.1, 0.15) is 11.3 Å². The van der Waals surface area contributed by atoms with Crippen LogP contribution in [0.1, 0.15) is 44.5 Å². The summed E-state index contributed by atoms with van der Waals surface area (Å²) in [5, 5.41) is 0.773. The van der Waals surface area contributed by atoms with E-state index in [1.165, 1.54) is 0 Å². The first kappa shape index (κ1) is 18.7. The van der Waals surface area contributed by atoms with E-state index in [0.717, 1.165) is 16.5 Å². The van der Waals surface area contributed by atoms with Crippen LogP contribution in [-0.4, -0.2) is 25.0 Å². The van der Waals surface area contributed by atoms with Crippen LogP contribution in [0, 0.1) is 20.8 Å². The topological polar surface area (TPSA) is 65.7 Å². The fourth-order valence-electron chi connectivity index (χ4n) is 2.92. The molecule has 0 spiro atoms. The van der Waals surface area contributed by atoms with Crippen molar-refractivity contribution in [3.8, 4) is 5.75 Å². The number of ketones is 1. The molecule has 0 amide bonds. The third-order valence-electron chi connectivity index (χ3n) is 4.77. The Balaban J connectivity index is 1.82. The first-order chi connectivity index (χ1) is 12.8. The Morgan fingerprint density at radius 3 is 2.41 bits per heavy atom. The van der Waals surface area contributed by atoms with Gasteiger partial charge in [-0.1, -0.05) is 12.1 Å². The summed E-state index contributed by atoms with van der Waals surface area (Å²) in [6.07, 6.45) is -0.915. The number of ether oxygens (including phenoxy) is 2. The van der Waals surface area contributed by atoms with Crippen LogP contribution in [0.15, 0.2) is 40.8 Å². The smallest absolute Gasteiger partial charge is 0.375 e. The minimum Gasteiger partial charge on any atom is -0.497 e. The highest BCUT2D eigenvalue weighted by molar-refractivity contribution is 6.02. The Kier molecular flexibility index (Phi) is 5.04. The summed E-state index contributed by atoms with van der Waals surface area (Å²) >= 11 is 0. The predicted octanol–water partition coefficient (Wildman–Crippen LogP) is 4.79. The molecule has 140 valence electrons. The largest absolute Gasteiger partial charge is 0.497 e. The molecule has 0 unspecified atom stereocenters. The second-order valence-electron chi connectivity index (χ2n) is 6.63. The third-order valence-corrected chi connectivity index (χ3v) is 4.77. The Morgan fingerprint density at radius 1 is 1.00 bits per heavy atom. The Bertz CT molecular complexity index is 1030. The minimum atomic E-state index is -0.915. The lowest BCUT2D eigenvalue weighted by Gasteiger charge is -2.12. The van der Waals surface area contributed by atoms with Crippen LogP contribution in [0.3, 0.4) is 0 Å². The van der Waals surface area contributed by atoms with Gasteiger partial charge in [0, 0.05) is 16.5 Å². The zero-order valence-electron chi connectivity index (χ0n) is 16.1. The molecule has 1 atom stereocenters. The average molecular weight is 366 g/mol. The van der Waals surface area contributed by atoms with Crippen molar-refractivity contribution in [3.05, 3.63) is 64.4 Å². The van der Waals surface area contributed by atoms with Gasteiger partial charge in [-0.2, -0.15) is 0 Å². The number of carbonyl (C=O) groups excluding carboxylic acids is 2. The number of fused-ring (bicyclic) bond motifs is 1. The number of Topliss-reactive ketones (excluding diaryl/α,β-unsaturated/α-hetero) is 1. The van der Waals surface area contributed by atoms with Crippen LogP contribution >= 0.6 is 0 Å². The quantitative estimate of drug-likeness (QED) is 0.479. The summed E-state index contributed by atoms with van der Waals surface area (Å²) in [5.74, 6) is -0.142. The first-order valence-electron chi connectivity index (χ1n) is 8.71. The zero-order chi connectivity index (χ0) is 19.7. The zero-order valence-corrected chi connectivity index (χ0v) is 16.1. The highest BCUT2D eigenvalue weighted by Crippen LogP contribution is 2.29. The van der Waals surface area contributed by atoms with E-state index >= 15 is 0 Å². The summed E-state index contributed by atoms with van der Waals surface area (Å²) < 4.78 is 16.2. The lowest BCUT2D eigenvalue weighted by molar-refractivity contribution is 0.0290. The molecule has 0 fully saturated rings. The van der Waals surface area contributed by atoms with Crippen molar-refractivity contribution in [2.45, 2.75) is 33.8 Å². The van der Waals surface area contributed by atoms with Gasteiger partial charge in [-0.05, 0) is 63.1 Å². The van der Waals surface area contributed by atoms with Gasteiger partial charge in [0.25, 0.3) is 0 Å². The van der Waals surface area contributed by atoms with E-state index in [4.69, 9.17) is 13.9 Å². The normalized spacial score (nSPS) is 12.0. The number of esters is 1. The Morgan fingerprint density at radius 2 is 1.74 bits per heavy atom. The molecule has 1 aromatic heterocycles. The van der Waals surface area contributed by atoms with Crippen LogP contribution < -0.4 is 4.74 Å². The molecule has 5 nitrogen and oxygen atoms in total. The van der Waals surface area contributed by atoms with Crippen molar-refractivity contribution in [1.29, 1.82) is 0 Å². The molecule has 3 rings (SSSR count). The van der Waals surface area contributed by atoms with Crippen molar-refractivity contribution >= 4 is 22.7 Å². The van der Waals surface area contributed by atoms with Crippen molar-refractivity contribution < 1.29 is 23.5 Å². The summed E-state index contributed by atoms with van der Waals surface area (Å²) in [5.41, 5.74) is 3.85. The molecule has 27 heavy (non-hydrogen) atoms. The predicted molar refractivity (Wildman–Crippen MR) is 103 cm³/mol. The average Bonchev–Trinajstić information content (AvgIpc) is 2.99. The van der Waals surface area contributed by atoms with Gasteiger partial charge < -0.3 is 13.9 Å². The molecule has 0 saturated heterocycles. The lowest BCUT2D eigenvalue weighted by atomic mass is 10.0. The molecular formula is C22H22O5. The SMILES string of the molecule is COc1ccc2oc(C(=O)O[C@@H](C)C(=O)c3ccc(C)c(C)c3)c(C)c2c1. The summed E-state index contributed by atoms with van der Waals surface area (Å²) in [6, 6.07) is 10.7. The number of hydrogen-bond acceptors (Lipinski definition) is 5. The number of aryl methyl sites for hydroxylation is 3. The van der Waals surface area contributed by atoms with E-state index in [9.17, 15) is 9.59 Å². The second-order valence-corrected chi connectivity index (χ2v) is 6.63. The molecule has 0 aliphatic rings. The molecule has 3 aromatic rings. The minimum absolute atomic E-state index is 0.0954. The number of benzene rings is 2. The summed E-state index contributed by atoms with van der Waals surface area (Å²) in [4.78, 5) is 25.1. The Hall–Kier alpha value is -3.08. The van der Waals surface area contributed by atoms with E-state index in [-0.39, 0.29) is 11.5 Å². The Labute approximate surface area is 157 Å². The van der Waals surface area contributed by atoms with Crippen LogP contribution in [0.5, 0.6) is 5.75 Å². The number of hydrogen-bond donors (Lipinski definition) is 0. The number of carbonyl (C=O) groups is 2. The van der Waals surface area contributed by atoms with Gasteiger partial charge in [0.15, 0.2) is 6.10 Å². The van der Waals surface area contributed by atoms with Crippen LogP contribution in [0.25, 0.3) is 11.0 Å². The first-order valence-corrected chi connectivity index (χ1v) is 8.71. The van der Waals surface area contributed by atoms with Gasteiger partial charge in [-0.15, -0.1) is 0 Å². The monoisotopic (exact) mass is 366 g/mol. The highest BCUT2D eigenvalue weighted by Gasteiger charge is 2.25. The lowest BCUT2D eigenvalue weighted by Crippen LogP contribution is -2.24. The maximum Gasteiger partial charge on any atom is 0.375 e. The summed E-state index contributed by atoms with van der Waals surface area (Å²) in [6.45, 7) is 7.26. The summed E-state index contributed by atoms with van der Waals surface area (Å²) in [7, 11) is 1.58. The van der Waals surface area contributed by atoms with E-state index in [1.54, 1.807) is 51.3 Å². The molecule has 5 heteroatoms. The molecule has 2 aromatic carbocycles. The standard InChI is InChI=1S/C22H22O5/c1-12-6-7-16(10-13(12)2)20(23)15(4)26-22(24)21-14(3)18-11-17(25-5)8-9-19(18)27-21/h6-11,15H,1-5H3/t15-/m0/s1. The van der Waals surface area contributed by atoms with Crippen molar-refractivity contribution in [1.82, 2.24) is 0 Å². The molecule has 0 saturated carbocycles. The van der Waals surface area contributed by atoms with E-state index in [0.29, 0.717) is 22.5 Å². The van der Waals surface area contributed by atoms with Crippen molar-refractivity contribution in [3.63, 3.8) is 0 Å². The second kappa shape index (κ2) is 7.27. The van der Waals surface area contributed by atoms with Gasteiger partial charge in [-0.25, -0.2) is 4.79 Å². The van der Waals surface area contributed by atoms with Gasteiger partial charge >= 0.3 is 5.97 Å². The maximum absolute atomic E-state index is 12.6. The van der Waals surface area contributed by atoms with Crippen LogP contribution in [0.4, 0.5) is 0 Å². The van der Waals surface area contributed by atoms with Crippen molar-refractivity contribution in [2.24, 2.45) is 0 Å². The van der Waals surface area contributed by atoms with Gasteiger partial charge in [0.2, 0.25) is 11.5 Å². The molecular weight excluding hydrogens is 344 g/mol. The van der Waals surface area contributed by atoms with Crippen molar-refractivity contribution in [2.75, 3.05) is 7.11 Å². The molecule has 0 bridgehead atoms. The molecule has 0 N–H and O–H groups in total. The third kappa shape index (κ3) is 3.58. The van der Waals surface area contributed by atoms with Gasteiger partial charge in [-0.3, -0.25) is 4.79 Å². The van der Waals surface area contributed by atoms with E-state index in [1.807, 2.05) is 19.9 Å². The maximum atomic E-state index is 12.6. The number of furan rings is 1. The molecule has 0 radical (unpaired) electrons. The van der Waals surface area contributed by atoms with Gasteiger partial charge in [0.05, 0.1) is 7.11 Å². The van der Waals surface area contributed by atoms with E-state index < -0.39 is 12.1 Å². The molecule has 1 heterocycles. The molecule has 0 aliphatic carbocycles. The highest BCUT2D eigenvalue weighted by atomic mass is 16.6. The van der Waals surface area contributed by atoms with E-state index in [2.05, 4.69) is 0 Å². The fraction of sp³-hybridized carbons (Fsp3) is 0.273. The fourth-order valence-corrected chi connectivity index (χ4v) is 2.92. The van der Waals surface area contributed by atoms with Crippen LogP contribution in [0.2, 0.25) is 0 Å². The number of methoxy groups -OCH3 is 1. The van der Waals surface area contributed by atoms with Crippen LogP contribution in [-0.2, 0) is 4.74 Å². The number of rotatable bonds is 5.